The van der Waals surface area contributed by atoms with E-state index in [2.05, 4.69) is 20.9 Å². The second kappa shape index (κ2) is 5.35. The van der Waals surface area contributed by atoms with Gasteiger partial charge in [0.25, 0.3) is 5.91 Å². The number of hydrogen-bond donors (Lipinski definition) is 0. The zero-order valence-electron chi connectivity index (χ0n) is 10.2. The molecule has 0 aliphatic heterocycles. The Hall–Kier alpha value is -1.62. The predicted molar refractivity (Wildman–Crippen MR) is 71.2 cm³/mol. The quantitative estimate of drug-likeness (QED) is 0.819. The molecular weight excluding hydrogens is 296 g/mol. The first-order valence-corrected chi connectivity index (χ1v) is 6.28. The number of furan rings is 1. The highest BCUT2D eigenvalue weighted by Gasteiger charge is 2.13. The third-order valence-electron chi connectivity index (χ3n) is 2.51. The lowest BCUT2D eigenvalue weighted by Gasteiger charge is -2.15. The predicted octanol–water partition coefficient (Wildman–Crippen LogP) is 3.02. The van der Waals surface area contributed by atoms with Crippen molar-refractivity contribution in [2.24, 2.45) is 0 Å². The van der Waals surface area contributed by atoms with E-state index in [4.69, 9.17) is 4.42 Å². The van der Waals surface area contributed by atoms with E-state index in [1.807, 2.05) is 19.1 Å². The van der Waals surface area contributed by atoms with Crippen LogP contribution in [0.4, 0.5) is 0 Å². The van der Waals surface area contributed by atoms with Crippen LogP contribution in [0.2, 0.25) is 0 Å². The minimum atomic E-state index is -0.0628. The van der Waals surface area contributed by atoms with Gasteiger partial charge in [-0.05, 0) is 47.1 Å². The van der Waals surface area contributed by atoms with Crippen molar-refractivity contribution in [3.05, 3.63) is 52.1 Å². The summed E-state index contributed by atoms with van der Waals surface area (Å²) in [6.45, 7) is 2.33. The number of halogens is 1. The molecule has 0 saturated carbocycles. The second-order valence-electron chi connectivity index (χ2n) is 4.04. The van der Waals surface area contributed by atoms with Gasteiger partial charge in [-0.1, -0.05) is 0 Å². The van der Waals surface area contributed by atoms with E-state index < -0.39 is 0 Å². The van der Waals surface area contributed by atoms with Gasteiger partial charge < -0.3 is 9.32 Å². The number of carbonyl (C=O) groups excluding carboxylic acids is 1. The molecule has 0 unspecified atom stereocenters. The van der Waals surface area contributed by atoms with E-state index in [9.17, 15) is 4.79 Å². The maximum Gasteiger partial charge on any atom is 0.254 e. The van der Waals surface area contributed by atoms with Crippen LogP contribution >= 0.6 is 15.9 Å². The second-order valence-corrected chi connectivity index (χ2v) is 4.85. The number of pyridine rings is 1. The minimum Gasteiger partial charge on any atom is -0.464 e. The van der Waals surface area contributed by atoms with Crippen molar-refractivity contribution in [1.29, 1.82) is 0 Å². The topological polar surface area (TPSA) is 46.3 Å². The number of hydrogen-bond acceptors (Lipinski definition) is 3. The molecule has 0 aliphatic carbocycles. The summed E-state index contributed by atoms with van der Waals surface area (Å²) in [5, 5.41) is 0. The maximum absolute atomic E-state index is 12.1. The van der Waals surface area contributed by atoms with Gasteiger partial charge in [-0.15, -0.1) is 0 Å². The number of aromatic nitrogens is 1. The summed E-state index contributed by atoms with van der Waals surface area (Å²) in [7, 11) is 1.74. The Bertz CT molecular complexity index is 566. The van der Waals surface area contributed by atoms with Crippen molar-refractivity contribution in [2.45, 2.75) is 13.5 Å². The molecule has 2 aromatic heterocycles. The van der Waals surface area contributed by atoms with Gasteiger partial charge in [-0.25, -0.2) is 4.98 Å². The molecule has 0 aromatic carbocycles. The fourth-order valence-corrected chi connectivity index (χ4v) is 2.00. The van der Waals surface area contributed by atoms with Gasteiger partial charge in [-0.3, -0.25) is 4.79 Å². The lowest BCUT2D eigenvalue weighted by Crippen LogP contribution is -2.26. The molecule has 2 heterocycles. The first kappa shape index (κ1) is 12.8. The van der Waals surface area contributed by atoms with Crippen LogP contribution in [-0.4, -0.2) is 22.8 Å². The van der Waals surface area contributed by atoms with Crippen molar-refractivity contribution < 1.29 is 9.21 Å². The molecule has 0 bridgehead atoms. The Labute approximate surface area is 114 Å². The summed E-state index contributed by atoms with van der Waals surface area (Å²) in [5.74, 6) is 1.56. The van der Waals surface area contributed by atoms with Gasteiger partial charge in [0.15, 0.2) is 0 Å². The largest absolute Gasteiger partial charge is 0.464 e. The molecule has 0 atom stereocenters. The summed E-state index contributed by atoms with van der Waals surface area (Å²) >= 11 is 3.25. The molecule has 0 aliphatic rings. The lowest BCUT2D eigenvalue weighted by molar-refractivity contribution is 0.0775. The average molecular weight is 309 g/mol. The first-order valence-electron chi connectivity index (χ1n) is 5.48. The molecule has 2 rings (SSSR count). The number of aryl methyl sites for hydroxylation is 1. The number of nitrogens with zero attached hydrogens (tertiary/aromatic N) is 2. The van der Waals surface area contributed by atoms with Gasteiger partial charge >= 0.3 is 0 Å². The Morgan fingerprint density at radius 2 is 2.22 bits per heavy atom. The van der Waals surface area contributed by atoms with E-state index in [0.29, 0.717) is 16.7 Å². The van der Waals surface area contributed by atoms with Crippen LogP contribution < -0.4 is 0 Å². The summed E-state index contributed by atoms with van der Waals surface area (Å²) in [6.07, 6.45) is 1.60. The Balaban J connectivity index is 2.09. The first-order chi connectivity index (χ1) is 8.56. The summed E-state index contributed by atoms with van der Waals surface area (Å²) < 4.78 is 6.10. The smallest absolute Gasteiger partial charge is 0.254 e. The van der Waals surface area contributed by atoms with E-state index >= 15 is 0 Å². The van der Waals surface area contributed by atoms with Crippen molar-refractivity contribution in [3.8, 4) is 0 Å². The van der Waals surface area contributed by atoms with Gasteiger partial charge in [0.1, 0.15) is 16.1 Å². The van der Waals surface area contributed by atoms with Gasteiger partial charge in [-0.2, -0.15) is 0 Å². The molecule has 0 fully saturated rings. The van der Waals surface area contributed by atoms with Crippen LogP contribution in [-0.2, 0) is 6.54 Å². The molecule has 0 saturated heterocycles. The SMILES string of the molecule is Cc1ccc(CN(C)C(=O)c2ccnc(Br)c2)o1. The van der Waals surface area contributed by atoms with E-state index in [1.54, 1.807) is 30.3 Å². The van der Waals surface area contributed by atoms with Crippen molar-refractivity contribution in [3.63, 3.8) is 0 Å². The Kier molecular flexibility index (Phi) is 3.81. The number of carbonyl (C=O) groups is 1. The normalized spacial score (nSPS) is 10.4. The fraction of sp³-hybridized carbons (Fsp3) is 0.231. The highest BCUT2D eigenvalue weighted by Crippen LogP contribution is 2.13. The van der Waals surface area contributed by atoms with E-state index in [-0.39, 0.29) is 5.91 Å². The Morgan fingerprint density at radius 3 is 2.83 bits per heavy atom. The fourth-order valence-electron chi connectivity index (χ4n) is 1.63. The van der Waals surface area contributed by atoms with E-state index in [1.165, 1.54) is 0 Å². The van der Waals surface area contributed by atoms with Crippen molar-refractivity contribution in [1.82, 2.24) is 9.88 Å². The third-order valence-corrected chi connectivity index (χ3v) is 2.94. The summed E-state index contributed by atoms with van der Waals surface area (Å²) in [6, 6.07) is 7.15. The zero-order valence-corrected chi connectivity index (χ0v) is 11.8. The third kappa shape index (κ3) is 2.98. The molecule has 4 nitrogen and oxygen atoms in total. The lowest BCUT2D eigenvalue weighted by atomic mass is 10.2. The zero-order chi connectivity index (χ0) is 13.1. The summed E-state index contributed by atoms with van der Waals surface area (Å²) in [4.78, 5) is 17.8. The molecule has 5 heteroatoms. The molecule has 18 heavy (non-hydrogen) atoms. The van der Waals surface area contributed by atoms with Gasteiger partial charge in [0, 0.05) is 18.8 Å². The molecule has 1 amide bonds. The van der Waals surface area contributed by atoms with Crippen LogP contribution in [0.15, 0.2) is 39.5 Å². The van der Waals surface area contributed by atoms with Crippen LogP contribution in [0, 0.1) is 6.92 Å². The maximum atomic E-state index is 12.1. The Morgan fingerprint density at radius 1 is 1.44 bits per heavy atom. The molecule has 0 N–H and O–H groups in total. The van der Waals surface area contributed by atoms with Crippen LogP contribution in [0.25, 0.3) is 0 Å². The molecule has 0 radical (unpaired) electrons. The van der Waals surface area contributed by atoms with Gasteiger partial charge in [0.2, 0.25) is 0 Å². The molecule has 94 valence electrons. The van der Waals surface area contributed by atoms with Crippen LogP contribution in [0.3, 0.4) is 0 Å². The highest BCUT2D eigenvalue weighted by molar-refractivity contribution is 9.10. The number of rotatable bonds is 3. The average Bonchev–Trinajstić information content (AvgIpc) is 2.73. The summed E-state index contributed by atoms with van der Waals surface area (Å²) in [5.41, 5.74) is 0.600. The van der Waals surface area contributed by atoms with Crippen molar-refractivity contribution in [2.75, 3.05) is 7.05 Å². The molecule has 2 aromatic rings. The standard InChI is InChI=1S/C13H13BrN2O2/c1-9-3-4-11(18-9)8-16(2)13(17)10-5-6-15-12(14)7-10/h3-7H,8H2,1-2H3. The monoisotopic (exact) mass is 308 g/mol. The van der Waals surface area contributed by atoms with Crippen molar-refractivity contribution >= 4 is 21.8 Å². The number of amides is 1. The molecular formula is C13H13BrN2O2. The minimum absolute atomic E-state index is 0.0628. The highest BCUT2D eigenvalue weighted by atomic mass is 79.9. The van der Waals surface area contributed by atoms with Gasteiger partial charge in [0.05, 0.1) is 6.54 Å². The van der Waals surface area contributed by atoms with E-state index in [0.717, 1.165) is 11.5 Å². The van der Waals surface area contributed by atoms with Crippen LogP contribution in [0.5, 0.6) is 0 Å². The molecule has 0 spiro atoms. The van der Waals surface area contributed by atoms with Crippen LogP contribution in [0.1, 0.15) is 21.9 Å².